The summed E-state index contributed by atoms with van der Waals surface area (Å²) in [4.78, 5) is 0. The predicted octanol–water partition coefficient (Wildman–Crippen LogP) is 4.37. The van der Waals surface area contributed by atoms with Gasteiger partial charge in [-0.3, -0.25) is 0 Å². The molecule has 2 rings (SSSR count). The molecule has 0 aliphatic carbocycles. The summed E-state index contributed by atoms with van der Waals surface area (Å²) in [6, 6.07) is 5.39. The molecule has 0 spiro atoms. The summed E-state index contributed by atoms with van der Waals surface area (Å²) in [5.41, 5.74) is -1.58. The molecule has 0 aliphatic heterocycles. The minimum Gasteiger partial charge on any atom is -0.384 e. The standard InChI is InChI=1S/C15H11F5O/c1-8-2-3-9(6-13(8)17)14(21)11-7-10(16)4-5-12(11)15(18,19)20/h2-7,14,21H,1H3. The lowest BCUT2D eigenvalue weighted by molar-refractivity contribution is -0.139. The van der Waals surface area contributed by atoms with Gasteiger partial charge in [0.25, 0.3) is 0 Å². The number of halogens is 5. The molecule has 21 heavy (non-hydrogen) atoms. The molecule has 2 aromatic rings. The van der Waals surface area contributed by atoms with Gasteiger partial charge in [0.05, 0.1) is 5.56 Å². The van der Waals surface area contributed by atoms with Gasteiger partial charge in [-0.05, 0) is 42.3 Å². The van der Waals surface area contributed by atoms with E-state index in [2.05, 4.69) is 0 Å². The van der Waals surface area contributed by atoms with Crippen LogP contribution in [-0.4, -0.2) is 5.11 Å². The SMILES string of the molecule is Cc1ccc(C(O)c2cc(F)ccc2C(F)(F)F)cc1F. The second-order valence-corrected chi connectivity index (χ2v) is 4.64. The largest absolute Gasteiger partial charge is 0.416 e. The third kappa shape index (κ3) is 3.21. The van der Waals surface area contributed by atoms with Gasteiger partial charge in [0.15, 0.2) is 0 Å². The van der Waals surface area contributed by atoms with Crippen molar-refractivity contribution in [2.75, 3.05) is 0 Å². The molecule has 1 nitrogen and oxygen atoms in total. The van der Waals surface area contributed by atoms with Gasteiger partial charge in [0, 0.05) is 5.56 Å². The van der Waals surface area contributed by atoms with Crippen molar-refractivity contribution in [2.45, 2.75) is 19.2 Å². The summed E-state index contributed by atoms with van der Waals surface area (Å²) < 4.78 is 65.3. The van der Waals surface area contributed by atoms with Crippen LogP contribution in [0.25, 0.3) is 0 Å². The second-order valence-electron chi connectivity index (χ2n) is 4.64. The van der Waals surface area contributed by atoms with E-state index in [-0.39, 0.29) is 5.56 Å². The van der Waals surface area contributed by atoms with Crippen LogP contribution in [-0.2, 0) is 6.18 Å². The van der Waals surface area contributed by atoms with Crippen LogP contribution in [0, 0.1) is 18.6 Å². The molecule has 1 N–H and O–H groups in total. The van der Waals surface area contributed by atoms with Gasteiger partial charge in [0.1, 0.15) is 17.7 Å². The minimum absolute atomic E-state index is 0.0748. The summed E-state index contributed by atoms with van der Waals surface area (Å²) in [5, 5.41) is 10.0. The monoisotopic (exact) mass is 302 g/mol. The summed E-state index contributed by atoms with van der Waals surface area (Å²) in [6.45, 7) is 1.48. The first-order valence-corrected chi connectivity index (χ1v) is 6.01. The molecule has 0 aromatic heterocycles. The number of aliphatic hydroxyl groups is 1. The van der Waals surface area contributed by atoms with Crippen LogP contribution in [0.4, 0.5) is 22.0 Å². The summed E-state index contributed by atoms with van der Waals surface area (Å²) >= 11 is 0. The van der Waals surface area contributed by atoms with E-state index in [1.54, 1.807) is 0 Å². The molecule has 112 valence electrons. The molecule has 0 fully saturated rings. The number of hydrogen-bond acceptors (Lipinski definition) is 1. The molecule has 1 unspecified atom stereocenters. The van der Waals surface area contributed by atoms with Crippen molar-refractivity contribution in [2.24, 2.45) is 0 Å². The van der Waals surface area contributed by atoms with E-state index in [0.29, 0.717) is 23.8 Å². The highest BCUT2D eigenvalue weighted by Crippen LogP contribution is 2.37. The Labute approximate surface area is 117 Å². The van der Waals surface area contributed by atoms with Crippen molar-refractivity contribution >= 4 is 0 Å². The van der Waals surface area contributed by atoms with E-state index in [4.69, 9.17) is 0 Å². The number of aliphatic hydroxyl groups excluding tert-OH is 1. The molecule has 0 aliphatic rings. The summed E-state index contributed by atoms with van der Waals surface area (Å²) in [5.74, 6) is -1.57. The van der Waals surface area contributed by atoms with Crippen molar-refractivity contribution in [3.8, 4) is 0 Å². The molecule has 0 radical (unpaired) electrons. The number of hydrogen-bond donors (Lipinski definition) is 1. The van der Waals surface area contributed by atoms with Gasteiger partial charge in [-0.15, -0.1) is 0 Å². The van der Waals surface area contributed by atoms with Crippen LogP contribution in [0.3, 0.4) is 0 Å². The van der Waals surface area contributed by atoms with Gasteiger partial charge in [0.2, 0.25) is 0 Å². The lowest BCUT2D eigenvalue weighted by Crippen LogP contribution is -2.13. The van der Waals surface area contributed by atoms with Crippen molar-refractivity contribution in [1.82, 2.24) is 0 Å². The fourth-order valence-electron chi connectivity index (χ4n) is 1.98. The first-order valence-electron chi connectivity index (χ1n) is 6.01. The molecule has 6 heteroatoms. The molecular weight excluding hydrogens is 291 g/mol. The maximum Gasteiger partial charge on any atom is 0.416 e. The van der Waals surface area contributed by atoms with E-state index in [1.165, 1.54) is 19.1 Å². The summed E-state index contributed by atoms with van der Waals surface area (Å²) in [6.07, 6.45) is -6.51. The number of rotatable bonds is 2. The van der Waals surface area contributed by atoms with E-state index in [0.717, 1.165) is 6.07 Å². The Morgan fingerprint density at radius 3 is 2.24 bits per heavy atom. The minimum atomic E-state index is -4.74. The van der Waals surface area contributed by atoms with Gasteiger partial charge < -0.3 is 5.11 Å². The Balaban J connectivity index is 2.54. The van der Waals surface area contributed by atoms with Gasteiger partial charge in [-0.25, -0.2) is 8.78 Å². The van der Waals surface area contributed by atoms with E-state index < -0.39 is 35.0 Å². The molecule has 0 saturated heterocycles. The molecule has 0 bridgehead atoms. The lowest BCUT2D eigenvalue weighted by Gasteiger charge is -2.18. The number of aryl methyl sites for hydroxylation is 1. The van der Waals surface area contributed by atoms with Crippen molar-refractivity contribution in [3.63, 3.8) is 0 Å². The fraction of sp³-hybridized carbons (Fsp3) is 0.200. The number of benzene rings is 2. The maximum absolute atomic E-state index is 13.5. The van der Waals surface area contributed by atoms with Crippen LogP contribution in [0.5, 0.6) is 0 Å². The first-order chi connectivity index (χ1) is 9.70. The molecule has 2 aromatic carbocycles. The predicted molar refractivity (Wildman–Crippen MR) is 66.6 cm³/mol. The van der Waals surface area contributed by atoms with Gasteiger partial charge >= 0.3 is 6.18 Å². The zero-order valence-corrected chi connectivity index (χ0v) is 10.9. The van der Waals surface area contributed by atoms with Crippen LogP contribution in [0.1, 0.15) is 28.4 Å². The van der Waals surface area contributed by atoms with Crippen LogP contribution < -0.4 is 0 Å². The summed E-state index contributed by atoms with van der Waals surface area (Å²) in [7, 11) is 0. The van der Waals surface area contributed by atoms with E-state index in [1.807, 2.05) is 0 Å². The molecule has 0 heterocycles. The molecule has 0 saturated carbocycles. The Kier molecular flexibility index (Phi) is 4.00. The Bertz CT molecular complexity index is 664. The van der Waals surface area contributed by atoms with Crippen molar-refractivity contribution < 1.29 is 27.1 Å². The third-order valence-electron chi connectivity index (χ3n) is 3.13. The lowest BCUT2D eigenvalue weighted by atomic mass is 9.95. The Morgan fingerprint density at radius 1 is 1.00 bits per heavy atom. The topological polar surface area (TPSA) is 20.2 Å². The highest BCUT2D eigenvalue weighted by Gasteiger charge is 2.35. The third-order valence-corrected chi connectivity index (χ3v) is 3.13. The Hall–Kier alpha value is -1.95. The quantitative estimate of drug-likeness (QED) is 0.817. The number of alkyl halides is 3. The molecule has 1 atom stereocenters. The fourth-order valence-corrected chi connectivity index (χ4v) is 1.98. The van der Waals surface area contributed by atoms with Gasteiger partial charge in [-0.1, -0.05) is 12.1 Å². The van der Waals surface area contributed by atoms with Crippen LogP contribution in [0.15, 0.2) is 36.4 Å². The molecule has 0 amide bonds. The highest BCUT2D eigenvalue weighted by molar-refractivity contribution is 5.38. The Morgan fingerprint density at radius 2 is 1.67 bits per heavy atom. The normalized spacial score (nSPS) is 13.3. The van der Waals surface area contributed by atoms with E-state index >= 15 is 0 Å². The maximum atomic E-state index is 13.5. The average molecular weight is 302 g/mol. The first kappa shape index (κ1) is 15.4. The van der Waals surface area contributed by atoms with Crippen LogP contribution >= 0.6 is 0 Å². The average Bonchev–Trinajstić information content (AvgIpc) is 2.39. The zero-order chi connectivity index (χ0) is 15.8. The van der Waals surface area contributed by atoms with Crippen molar-refractivity contribution in [3.05, 3.63) is 70.3 Å². The van der Waals surface area contributed by atoms with Crippen LogP contribution in [0.2, 0.25) is 0 Å². The zero-order valence-electron chi connectivity index (χ0n) is 10.9. The van der Waals surface area contributed by atoms with E-state index in [9.17, 15) is 27.1 Å². The van der Waals surface area contributed by atoms with Crippen molar-refractivity contribution in [1.29, 1.82) is 0 Å². The second kappa shape index (κ2) is 5.44. The van der Waals surface area contributed by atoms with Gasteiger partial charge in [-0.2, -0.15) is 13.2 Å². The highest BCUT2D eigenvalue weighted by atomic mass is 19.4. The molecular formula is C15H11F5O. The smallest absolute Gasteiger partial charge is 0.384 e.